The summed E-state index contributed by atoms with van der Waals surface area (Å²) in [5, 5.41) is 11.6. The van der Waals surface area contributed by atoms with Gasteiger partial charge in [0.1, 0.15) is 0 Å². The highest BCUT2D eigenvalue weighted by molar-refractivity contribution is 5.75. The number of aliphatic hydroxyl groups is 1. The highest BCUT2D eigenvalue weighted by Crippen LogP contribution is 2.26. The number of carbonyl (C=O) groups is 1. The minimum Gasteiger partial charge on any atom is -0.396 e. The Morgan fingerprint density at radius 2 is 2.32 bits per heavy atom. The van der Waals surface area contributed by atoms with E-state index in [4.69, 9.17) is 5.11 Å². The molecule has 1 aromatic carbocycles. The molecular formula is C15H22N2O2. The Morgan fingerprint density at radius 3 is 3.11 bits per heavy atom. The molecule has 0 unspecified atom stereocenters. The lowest BCUT2D eigenvalue weighted by molar-refractivity contribution is -0.121. The molecule has 1 aliphatic heterocycles. The van der Waals surface area contributed by atoms with Crippen LogP contribution in [0, 0.1) is 0 Å². The van der Waals surface area contributed by atoms with Gasteiger partial charge in [-0.2, -0.15) is 0 Å². The van der Waals surface area contributed by atoms with E-state index in [-0.39, 0.29) is 12.5 Å². The summed E-state index contributed by atoms with van der Waals surface area (Å²) < 4.78 is 0. The third kappa shape index (κ3) is 3.70. The van der Waals surface area contributed by atoms with Gasteiger partial charge in [-0.25, -0.2) is 0 Å². The van der Waals surface area contributed by atoms with Crippen molar-refractivity contribution in [3.63, 3.8) is 0 Å². The molecule has 2 rings (SSSR count). The van der Waals surface area contributed by atoms with Gasteiger partial charge >= 0.3 is 0 Å². The summed E-state index contributed by atoms with van der Waals surface area (Å²) in [6.07, 6.45) is 3.23. The zero-order valence-electron chi connectivity index (χ0n) is 11.5. The van der Waals surface area contributed by atoms with E-state index in [2.05, 4.69) is 35.5 Å². The maximum atomic E-state index is 11.5. The van der Waals surface area contributed by atoms with E-state index in [1.165, 1.54) is 17.7 Å². The third-order valence-corrected chi connectivity index (χ3v) is 3.55. The number of hydrogen-bond donors (Lipinski definition) is 2. The van der Waals surface area contributed by atoms with E-state index >= 15 is 0 Å². The molecule has 1 heterocycles. The van der Waals surface area contributed by atoms with E-state index in [0.717, 1.165) is 18.5 Å². The zero-order valence-corrected chi connectivity index (χ0v) is 11.5. The van der Waals surface area contributed by atoms with Gasteiger partial charge in [-0.15, -0.1) is 0 Å². The van der Waals surface area contributed by atoms with Crippen LogP contribution in [-0.4, -0.2) is 31.2 Å². The normalized spacial score (nSPS) is 14.1. The average molecular weight is 262 g/mol. The van der Waals surface area contributed by atoms with Gasteiger partial charge in [-0.3, -0.25) is 4.79 Å². The number of benzene rings is 1. The van der Waals surface area contributed by atoms with Crippen LogP contribution in [0.25, 0.3) is 0 Å². The minimum atomic E-state index is 0.00360. The van der Waals surface area contributed by atoms with Crippen molar-refractivity contribution in [2.24, 2.45) is 0 Å². The van der Waals surface area contributed by atoms with Crippen molar-refractivity contribution in [2.75, 3.05) is 25.1 Å². The van der Waals surface area contributed by atoms with Gasteiger partial charge in [0.2, 0.25) is 5.91 Å². The first-order valence-electron chi connectivity index (χ1n) is 6.91. The molecule has 2 N–H and O–H groups in total. The van der Waals surface area contributed by atoms with Crippen LogP contribution in [0.4, 0.5) is 5.69 Å². The minimum absolute atomic E-state index is 0.00360. The van der Waals surface area contributed by atoms with Crippen molar-refractivity contribution in [2.45, 2.75) is 32.2 Å². The number of nitrogens with one attached hydrogen (secondary N) is 1. The summed E-state index contributed by atoms with van der Waals surface area (Å²) in [6, 6.07) is 6.41. The maximum absolute atomic E-state index is 11.5. The fraction of sp³-hybridized carbons (Fsp3) is 0.533. The van der Waals surface area contributed by atoms with Crippen LogP contribution in [0.15, 0.2) is 18.2 Å². The smallest absolute Gasteiger partial charge is 0.220 e. The van der Waals surface area contributed by atoms with Crippen molar-refractivity contribution < 1.29 is 9.90 Å². The lowest BCUT2D eigenvalue weighted by Crippen LogP contribution is -2.25. The molecule has 0 saturated carbocycles. The Kier molecular flexibility index (Phi) is 4.80. The summed E-state index contributed by atoms with van der Waals surface area (Å²) in [6.45, 7) is 1.75. The predicted molar refractivity (Wildman–Crippen MR) is 76.2 cm³/mol. The van der Waals surface area contributed by atoms with Crippen molar-refractivity contribution in [1.82, 2.24) is 5.32 Å². The van der Waals surface area contributed by atoms with Crippen LogP contribution in [0.3, 0.4) is 0 Å². The molecule has 0 fully saturated rings. The van der Waals surface area contributed by atoms with E-state index < -0.39 is 0 Å². The number of carbonyl (C=O) groups excluding carboxylic acids is 1. The van der Waals surface area contributed by atoms with Crippen LogP contribution >= 0.6 is 0 Å². The van der Waals surface area contributed by atoms with Crippen molar-refractivity contribution in [1.29, 1.82) is 0 Å². The third-order valence-electron chi connectivity index (χ3n) is 3.55. The van der Waals surface area contributed by atoms with Gasteiger partial charge < -0.3 is 15.3 Å². The van der Waals surface area contributed by atoms with E-state index in [1.807, 2.05) is 0 Å². The number of rotatable bonds is 5. The topological polar surface area (TPSA) is 52.6 Å². The highest BCUT2D eigenvalue weighted by Gasteiger charge is 2.13. The lowest BCUT2D eigenvalue weighted by atomic mass is 9.99. The maximum Gasteiger partial charge on any atom is 0.220 e. The van der Waals surface area contributed by atoms with E-state index in [1.54, 1.807) is 0 Å². The summed E-state index contributed by atoms with van der Waals surface area (Å²) >= 11 is 0. The second-order valence-corrected chi connectivity index (χ2v) is 5.09. The molecule has 4 nitrogen and oxygen atoms in total. The lowest BCUT2D eigenvalue weighted by Gasteiger charge is -2.27. The van der Waals surface area contributed by atoms with Crippen LogP contribution in [-0.2, 0) is 17.8 Å². The molecule has 4 heteroatoms. The fourth-order valence-electron chi connectivity index (χ4n) is 2.48. The summed E-state index contributed by atoms with van der Waals surface area (Å²) in [5.41, 5.74) is 3.82. The molecule has 0 radical (unpaired) electrons. The summed E-state index contributed by atoms with van der Waals surface area (Å²) in [5.74, 6) is 0.00360. The standard InChI is InChI=1S/C15H22N2O2/c1-17-8-2-4-13-10-12(6-7-14(13)17)11-16-15(19)5-3-9-18/h6-7,10,18H,2-5,8-9,11H2,1H3,(H,16,19). The molecule has 0 spiro atoms. The van der Waals surface area contributed by atoms with Gasteiger partial charge in [0.15, 0.2) is 0 Å². The Hall–Kier alpha value is -1.55. The van der Waals surface area contributed by atoms with Gasteiger partial charge in [0.05, 0.1) is 0 Å². The number of aryl methyl sites for hydroxylation is 1. The Labute approximate surface area is 114 Å². The number of aliphatic hydroxyl groups excluding tert-OH is 1. The van der Waals surface area contributed by atoms with E-state index in [0.29, 0.717) is 19.4 Å². The first-order valence-corrected chi connectivity index (χ1v) is 6.91. The van der Waals surface area contributed by atoms with Crippen LogP contribution < -0.4 is 10.2 Å². The Balaban J connectivity index is 1.93. The van der Waals surface area contributed by atoms with E-state index in [9.17, 15) is 4.79 Å². The van der Waals surface area contributed by atoms with Crippen LogP contribution in [0.2, 0.25) is 0 Å². The van der Waals surface area contributed by atoms with Crippen molar-refractivity contribution in [3.8, 4) is 0 Å². The van der Waals surface area contributed by atoms with Gasteiger partial charge in [-0.05, 0) is 36.5 Å². The first-order chi connectivity index (χ1) is 9.20. The molecule has 19 heavy (non-hydrogen) atoms. The molecule has 104 valence electrons. The molecule has 0 aromatic heterocycles. The monoisotopic (exact) mass is 262 g/mol. The predicted octanol–water partition coefficient (Wildman–Crippen LogP) is 1.46. The molecule has 1 aromatic rings. The molecule has 0 saturated heterocycles. The number of hydrogen-bond acceptors (Lipinski definition) is 3. The molecule has 1 aliphatic rings. The second-order valence-electron chi connectivity index (χ2n) is 5.09. The molecule has 0 aliphatic carbocycles. The van der Waals surface area contributed by atoms with Gasteiger partial charge in [-0.1, -0.05) is 12.1 Å². The van der Waals surface area contributed by atoms with Gasteiger partial charge in [0, 0.05) is 38.9 Å². The van der Waals surface area contributed by atoms with Crippen LogP contribution in [0.1, 0.15) is 30.4 Å². The largest absolute Gasteiger partial charge is 0.396 e. The quantitative estimate of drug-likeness (QED) is 0.844. The van der Waals surface area contributed by atoms with Crippen molar-refractivity contribution in [3.05, 3.63) is 29.3 Å². The summed E-state index contributed by atoms with van der Waals surface area (Å²) in [4.78, 5) is 13.8. The zero-order chi connectivity index (χ0) is 13.7. The molecule has 1 amide bonds. The SMILES string of the molecule is CN1CCCc2cc(CNC(=O)CCCO)ccc21. The number of amides is 1. The molecule has 0 atom stereocenters. The first kappa shape index (κ1) is 13.9. The highest BCUT2D eigenvalue weighted by atomic mass is 16.3. The fourth-order valence-corrected chi connectivity index (χ4v) is 2.48. The van der Waals surface area contributed by atoms with Crippen molar-refractivity contribution >= 4 is 11.6 Å². The van der Waals surface area contributed by atoms with Crippen LogP contribution in [0.5, 0.6) is 0 Å². The van der Waals surface area contributed by atoms with Gasteiger partial charge in [0.25, 0.3) is 0 Å². The summed E-state index contributed by atoms with van der Waals surface area (Å²) in [7, 11) is 2.12. The Bertz CT molecular complexity index is 446. The molecular weight excluding hydrogens is 240 g/mol. The number of nitrogens with zero attached hydrogens (tertiary/aromatic N) is 1. The Morgan fingerprint density at radius 1 is 1.47 bits per heavy atom. The average Bonchev–Trinajstić information content (AvgIpc) is 2.43. The second kappa shape index (κ2) is 6.57. The number of fused-ring (bicyclic) bond motifs is 1. The molecule has 0 bridgehead atoms. The number of anilines is 1.